The number of hydrogen-bond donors (Lipinski definition) is 2. The second kappa shape index (κ2) is 5.60. The second-order valence-electron chi connectivity index (χ2n) is 5.10. The summed E-state index contributed by atoms with van der Waals surface area (Å²) < 4.78 is 1.89. The van der Waals surface area contributed by atoms with E-state index in [1.807, 2.05) is 11.6 Å². The molecular weight excluding hydrogens is 216 g/mol. The van der Waals surface area contributed by atoms with Gasteiger partial charge in [0.1, 0.15) is 12.2 Å². The molecule has 0 aliphatic heterocycles. The number of nitrogens with zero attached hydrogens (tertiary/aromatic N) is 3. The third-order valence-electron chi connectivity index (χ3n) is 3.58. The fourth-order valence-corrected chi connectivity index (χ4v) is 2.44. The van der Waals surface area contributed by atoms with Gasteiger partial charge in [-0.05, 0) is 12.8 Å². The Kier molecular flexibility index (Phi) is 4.12. The minimum Gasteiger partial charge on any atom is -0.389 e. The van der Waals surface area contributed by atoms with Crippen molar-refractivity contribution >= 4 is 0 Å². The lowest BCUT2D eigenvalue weighted by atomic mass is 9.94. The highest BCUT2D eigenvalue weighted by Crippen LogP contribution is 2.26. The molecule has 1 aliphatic carbocycles. The minimum absolute atomic E-state index is 0.519. The Labute approximate surface area is 102 Å². The average Bonchev–Trinajstić information content (AvgIpc) is 2.58. The normalized spacial score (nSPS) is 20.1. The van der Waals surface area contributed by atoms with Crippen LogP contribution in [0.5, 0.6) is 0 Å². The molecular formula is C12H22N4O. The number of rotatable bonds is 4. The van der Waals surface area contributed by atoms with Gasteiger partial charge in [-0.15, -0.1) is 10.2 Å². The molecule has 1 aliphatic rings. The van der Waals surface area contributed by atoms with Crippen molar-refractivity contribution in [3.63, 3.8) is 0 Å². The van der Waals surface area contributed by atoms with Crippen LogP contribution in [0.2, 0.25) is 0 Å². The fraction of sp³-hybridized carbons (Fsp3) is 0.833. The van der Waals surface area contributed by atoms with Crippen LogP contribution < -0.4 is 5.32 Å². The summed E-state index contributed by atoms with van der Waals surface area (Å²) in [6, 6.07) is 0. The topological polar surface area (TPSA) is 63.0 Å². The Balaban J connectivity index is 1.79. The lowest BCUT2D eigenvalue weighted by Gasteiger charge is -2.26. The van der Waals surface area contributed by atoms with Gasteiger partial charge in [0.25, 0.3) is 0 Å². The molecule has 1 aromatic heterocycles. The largest absolute Gasteiger partial charge is 0.389 e. The van der Waals surface area contributed by atoms with E-state index in [2.05, 4.69) is 15.5 Å². The summed E-state index contributed by atoms with van der Waals surface area (Å²) in [7, 11) is 1.93. The SMILES string of the molecule is Cn1cnnc1CNCC1(O)CCCCCC1. The first kappa shape index (κ1) is 12.5. The van der Waals surface area contributed by atoms with Crippen LogP contribution in [0.1, 0.15) is 44.3 Å². The highest BCUT2D eigenvalue weighted by atomic mass is 16.3. The Morgan fingerprint density at radius 2 is 2.06 bits per heavy atom. The van der Waals surface area contributed by atoms with Crippen LogP contribution in [0.15, 0.2) is 6.33 Å². The molecule has 2 N–H and O–H groups in total. The molecule has 5 nitrogen and oxygen atoms in total. The monoisotopic (exact) mass is 238 g/mol. The maximum atomic E-state index is 10.4. The quantitative estimate of drug-likeness (QED) is 0.768. The van der Waals surface area contributed by atoms with Gasteiger partial charge < -0.3 is 15.0 Å². The molecule has 0 bridgehead atoms. The molecule has 1 saturated carbocycles. The Morgan fingerprint density at radius 1 is 1.35 bits per heavy atom. The van der Waals surface area contributed by atoms with E-state index in [9.17, 15) is 5.11 Å². The van der Waals surface area contributed by atoms with E-state index in [1.54, 1.807) is 6.33 Å². The molecule has 0 aromatic carbocycles. The predicted octanol–water partition coefficient (Wildman–Crippen LogP) is 0.990. The first-order valence-electron chi connectivity index (χ1n) is 6.46. The third-order valence-corrected chi connectivity index (χ3v) is 3.58. The van der Waals surface area contributed by atoms with Gasteiger partial charge in [-0.1, -0.05) is 25.7 Å². The van der Waals surface area contributed by atoms with Gasteiger partial charge in [0.05, 0.1) is 12.1 Å². The van der Waals surface area contributed by atoms with E-state index in [1.165, 1.54) is 12.8 Å². The summed E-state index contributed by atoms with van der Waals surface area (Å²) >= 11 is 0. The van der Waals surface area contributed by atoms with E-state index in [-0.39, 0.29) is 0 Å². The van der Waals surface area contributed by atoms with Crippen LogP contribution in [-0.2, 0) is 13.6 Å². The summed E-state index contributed by atoms with van der Waals surface area (Å²) in [5.41, 5.74) is -0.519. The summed E-state index contributed by atoms with van der Waals surface area (Å²) in [6.07, 6.45) is 8.32. The van der Waals surface area contributed by atoms with Crippen LogP contribution in [0, 0.1) is 0 Å². The number of nitrogens with one attached hydrogen (secondary N) is 1. The van der Waals surface area contributed by atoms with E-state index < -0.39 is 5.60 Å². The molecule has 1 aromatic rings. The number of aliphatic hydroxyl groups is 1. The standard InChI is InChI=1S/C12H22N4O/c1-16-10-14-15-11(16)8-13-9-12(17)6-4-2-3-5-7-12/h10,13,17H,2-9H2,1H3. The van der Waals surface area contributed by atoms with Crippen molar-refractivity contribution in [1.29, 1.82) is 0 Å². The molecule has 0 unspecified atom stereocenters. The van der Waals surface area contributed by atoms with Crippen molar-refractivity contribution < 1.29 is 5.11 Å². The van der Waals surface area contributed by atoms with E-state index >= 15 is 0 Å². The van der Waals surface area contributed by atoms with Gasteiger partial charge in [0, 0.05) is 13.6 Å². The van der Waals surface area contributed by atoms with Gasteiger partial charge in [-0.3, -0.25) is 0 Å². The first-order chi connectivity index (χ1) is 8.20. The lowest BCUT2D eigenvalue weighted by Crippen LogP contribution is -2.40. The molecule has 0 radical (unpaired) electrons. The van der Waals surface area contributed by atoms with E-state index in [0.29, 0.717) is 13.1 Å². The third kappa shape index (κ3) is 3.51. The van der Waals surface area contributed by atoms with Crippen LogP contribution in [0.25, 0.3) is 0 Å². The van der Waals surface area contributed by atoms with Gasteiger partial charge in [0.2, 0.25) is 0 Å². The first-order valence-corrected chi connectivity index (χ1v) is 6.46. The zero-order valence-electron chi connectivity index (χ0n) is 10.5. The molecule has 0 saturated heterocycles. The van der Waals surface area contributed by atoms with Crippen molar-refractivity contribution in [1.82, 2.24) is 20.1 Å². The highest BCUT2D eigenvalue weighted by molar-refractivity contribution is 4.87. The van der Waals surface area contributed by atoms with Crippen LogP contribution in [0.3, 0.4) is 0 Å². The summed E-state index contributed by atoms with van der Waals surface area (Å²) in [4.78, 5) is 0. The fourth-order valence-electron chi connectivity index (χ4n) is 2.44. The van der Waals surface area contributed by atoms with Gasteiger partial charge in [0.15, 0.2) is 0 Å². The summed E-state index contributed by atoms with van der Waals surface area (Å²) in [6.45, 7) is 1.32. The van der Waals surface area contributed by atoms with Gasteiger partial charge in [-0.25, -0.2) is 0 Å². The molecule has 1 heterocycles. The lowest BCUT2D eigenvalue weighted by molar-refractivity contribution is 0.0248. The molecule has 17 heavy (non-hydrogen) atoms. The smallest absolute Gasteiger partial charge is 0.146 e. The number of aromatic nitrogens is 3. The molecule has 1 fully saturated rings. The number of aryl methyl sites for hydroxylation is 1. The van der Waals surface area contributed by atoms with Gasteiger partial charge >= 0.3 is 0 Å². The Bertz CT molecular complexity index is 342. The van der Waals surface area contributed by atoms with Crippen molar-refractivity contribution in [3.8, 4) is 0 Å². The Morgan fingerprint density at radius 3 is 2.65 bits per heavy atom. The molecule has 2 rings (SSSR count). The highest BCUT2D eigenvalue weighted by Gasteiger charge is 2.27. The summed E-state index contributed by atoms with van der Waals surface area (Å²) in [5, 5.41) is 21.6. The molecule has 0 atom stereocenters. The minimum atomic E-state index is -0.519. The average molecular weight is 238 g/mol. The van der Waals surface area contributed by atoms with Crippen LogP contribution in [0.4, 0.5) is 0 Å². The predicted molar refractivity (Wildman–Crippen MR) is 65.4 cm³/mol. The van der Waals surface area contributed by atoms with Crippen LogP contribution >= 0.6 is 0 Å². The maximum absolute atomic E-state index is 10.4. The van der Waals surface area contributed by atoms with Crippen molar-refractivity contribution in [2.24, 2.45) is 7.05 Å². The zero-order valence-corrected chi connectivity index (χ0v) is 10.5. The van der Waals surface area contributed by atoms with E-state index in [0.717, 1.165) is 31.5 Å². The zero-order chi connectivity index (χ0) is 12.1. The molecule has 96 valence electrons. The maximum Gasteiger partial charge on any atom is 0.146 e. The molecule has 0 amide bonds. The van der Waals surface area contributed by atoms with Crippen molar-refractivity contribution in [2.45, 2.75) is 50.7 Å². The van der Waals surface area contributed by atoms with Crippen LogP contribution in [-0.4, -0.2) is 32.0 Å². The number of hydrogen-bond acceptors (Lipinski definition) is 4. The molecule has 5 heteroatoms. The summed E-state index contributed by atoms with van der Waals surface area (Å²) in [5.74, 6) is 0.905. The second-order valence-corrected chi connectivity index (χ2v) is 5.10. The van der Waals surface area contributed by atoms with E-state index in [4.69, 9.17) is 0 Å². The molecule has 0 spiro atoms. The van der Waals surface area contributed by atoms with Crippen molar-refractivity contribution in [2.75, 3.05) is 6.54 Å². The Hall–Kier alpha value is -0.940. The van der Waals surface area contributed by atoms with Crippen molar-refractivity contribution in [3.05, 3.63) is 12.2 Å². The van der Waals surface area contributed by atoms with Gasteiger partial charge in [-0.2, -0.15) is 0 Å².